The number of nitrogen functional groups attached to an aromatic ring is 1. The first-order chi connectivity index (χ1) is 8.81. The Kier molecular flexibility index (Phi) is 4.72. The number of nitrogens with two attached hydrogens (primary N) is 1. The lowest BCUT2D eigenvalue weighted by molar-refractivity contribution is 0.337. The maximum atomic E-state index is 5.38. The second-order valence-corrected chi connectivity index (χ2v) is 4.67. The van der Waals surface area contributed by atoms with Crippen LogP contribution in [0.25, 0.3) is 0 Å². The second-order valence-electron chi connectivity index (χ2n) is 4.67. The van der Waals surface area contributed by atoms with E-state index in [4.69, 9.17) is 5.84 Å². The SMILES string of the molecule is Cc1c(NN)ncnc1NCCCN1CCCC1. The van der Waals surface area contributed by atoms with Crippen molar-refractivity contribution in [3.05, 3.63) is 11.9 Å². The molecular weight excluding hydrogens is 228 g/mol. The van der Waals surface area contributed by atoms with Crippen LogP contribution in [0.3, 0.4) is 0 Å². The van der Waals surface area contributed by atoms with Crippen LogP contribution < -0.4 is 16.6 Å². The van der Waals surface area contributed by atoms with Crippen LogP contribution >= 0.6 is 0 Å². The van der Waals surface area contributed by atoms with Gasteiger partial charge in [-0.15, -0.1) is 0 Å². The van der Waals surface area contributed by atoms with Gasteiger partial charge in [0.05, 0.1) is 0 Å². The van der Waals surface area contributed by atoms with Crippen LogP contribution in [-0.2, 0) is 0 Å². The normalized spacial score (nSPS) is 15.9. The van der Waals surface area contributed by atoms with Crippen LogP contribution in [0.1, 0.15) is 24.8 Å². The Hall–Kier alpha value is -1.40. The molecule has 1 aromatic rings. The van der Waals surface area contributed by atoms with Gasteiger partial charge >= 0.3 is 0 Å². The van der Waals surface area contributed by atoms with Crippen LogP contribution in [0.5, 0.6) is 0 Å². The molecule has 0 atom stereocenters. The molecule has 0 bridgehead atoms. The van der Waals surface area contributed by atoms with Crippen LogP contribution in [0.4, 0.5) is 11.6 Å². The summed E-state index contributed by atoms with van der Waals surface area (Å²) in [7, 11) is 0. The van der Waals surface area contributed by atoms with E-state index in [0.717, 1.165) is 24.3 Å². The first-order valence-corrected chi connectivity index (χ1v) is 6.55. The maximum Gasteiger partial charge on any atom is 0.148 e. The first kappa shape index (κ1) is 13.0. The predicted molar refractivity (Wildman–Crippen MR) is 73.4 cm³/mol. The summed E-state index contributed by atoms with van der Waals surface area (Å²) in [5.74, 6) is 6.92. The Balaban J connectivity index is 1.75. The van der Waals surface area contributed by atoms with E-state index in [9.17, 15) is 0 Å². The zero-order valence-corrected chi connectivity index (χ0v) is 10.9. The van der Waals surface area contributed by atoms with Crippen molar-refractivity contribution in [3.8, 4) is 0 Å². The fourth-order valence-corrected chi connectivity index (χ4v) is 2.29. The van der Waals surface area contributed by atoms with Crippen LogP contribution in [0, 0.1) is 6.92 Å². The summed E-state index contributed by atoms with van der Waals surface area (Å²) in [5.41, 5.74) is 3.53. The number of hydrazine groups is 1. The number of nitrogens with one attached hydrogen (secondary N) is 2. The van der Waals surface area contributed by atoms with Crippen LogP contribution in [0.15, 0.2) is 6.33 Å². The average molecular weight is 250 g/mol. The van der Waals surface area contributed by atoms with Crippen molar-refractivity contribution in [1.82, 2.24) is 14.9 Å². The van der Waals surface area contributed by atoms with Gasteiger partial charge in [-0.05, 0) is 45.8 Å². The quantitative estimate of drug-likeness (QED) is 0.396. The highest BCUT2D eigenvalue weighted by Gasteiger charge is 2.10. The van der Waals surface area contributed by atoms with Gasteiger partial charge < -0.3 is 15.6 Å². The summed E-state index contributed by atoms with van der Waals surface area (Å²) in [4.78, 5) is 10.8. The van der Waals surface area contributed by atoms with Crippen molar-refractivity contribution in [2.24, 2.45) is 5.84 Å². The fraction of sp³-hybridized carbons (Fsp3) is 0.667. The lowest BCUT2D eigenvalue weighted by atomic mass is 10.3. The molecule has 18 heavy (non-hydrogen) atoms. The average Bonchev–Trinajstić information content (AvgIpc) is 2.89. The Morgan fingerprint density at radius 1 is 1.28 bits per heavy atom. The second kappa shape index (κ2) is 6.51. The Morgan fingerprint density at radius 2 is 2.00 bits per heavy atom. The lowest BCUT2D eigenvalue weighted by Gasteiger charge is -2.15. The topological polar surface area (TPSA) is 79.1 Å². The van der Waals surface area contributed by atoms with Gasteiger partial charge in [0.1, 0.15) is 18.0 Å². The highest BCUT2D eigenvalue weighted by atomic mass is 15.3. The summed E-state index contributed by atoms with van der Waals surface area (Å²) < 4.78 is 0. The van der Waals surface area contributed by atoms with E-state index in [0.29, 0.717) is 5.82 Å². The van der Waals surface area contributed by atoms with Crippen molar-refractivity contribution < 1.29 is 0 Å². The monoisotopic (exact) mass is 250 g/mol. The molecule has 1 aliphatic heterocycles. The van der Waals surface area contributed by atoms with E-state index in [1.165, 1.54) is 38.8 Å². The molecule has 0 spiro atoms. The largest absolute Gasteiger partial charge is 0.370 e. The third-order valence-corrected chi connectivity index (χ3v) is 3.36. The fourth-order valence-electron chi connectivity index (χ4n) is 2.29. The van der Waals surface area contributed by atoms with Gasteiger partial charge in [0.2, 0.25) is 0 Å². The summed E-state index contributed by atoms with van der Waals surface area (Å²) in [5, 5.41) is 3.34. The minimum absolute atomic E-state index is 0.673. The van der Waals surface area contributed by atoms with Crippen molar-refractivity contribution in [3.63, 3.8) is 0 Å². The molecule has 6 heteroatoms. The van der Waals surface area contributed by atoms with E-state index in [2.05, 4.69) is 25.6 Å². The molecule has 0 unspecified atom stereocenters. The van der Waals surface area contributed by atoms with Crippen LogP contribution in [-0.4, -0.2) is 41.0 Å². The maximum absolute atomic E-state index is 5.38. The number of nitrogens with zero attached hydrogens (tertiary/aromatic N) is 3. The van der Waals surface area contributed by atoms with Crippen molar-refractivity contribution in [1.29, 1.82) is 0 Å². The van der Waals surface area contributed by atoms with E-state index >= 15 is 0 Å². The summed E-state index contributed by atoms with van der Waals surface area (Å²) in [6.45, 7) is 6.57. The molecule has 0 amide bonds. The Labute approximate surface area is 108 Å². The zero-order chi connectivity index (χ0) is 12.8. The molecule has 4 N–H and O–H groups in total. The summed E-state index contributed by atoms with van der Waals surface area (Å²) in [6.07, 6.45) is 5.35. The van der Waals surface area contributed by atoms with Gasteiger partial charge in [-0.3, -0.25) is 0 Å². The summed E-state index contributed by atoms with van der Waals surface area (Å²) >= 11 is 0. The molecule has 0 aromatic carbocycles. The molecule has 1 saturated heterocycles. The predicted octanol–water partition coefficient (Wildman–Crippen LogP) is 0.968. The molecule has 0 radical (unpaired) electrons. The van der Waals surface area contributed by atoms with Crippen molar-refractivity contribution in [2.75, 3.05) is 36.9 Å². The molecule has 2 heterocycles. The molecule has 0 saturated carbocycles. The van der Waals surface area contributed by atoms with E-state index in [1.807, 2.05) is 6.92 Å². The minimum atomic E-state index is 0.673. The van der Waals surface area contributed by atoms with E-state index < -0.39 is 0 Å². The van der Waals surface area contributed by atoms with Crippen molar-refractivity contribution in [2.45, 2.75) is 26.2 Å². The van der Waals surface area contributed by atoms with E-state index in [-0.39, 0.29) is 0 Å². The number of aromatic nitrogens is 2. The van der Waals surface area contributed by atoms with Crippen molar-refractivity contribution >= 4 is 11.6 Å². The molecule has 0 aliphatic carbocycles. The van der Waals surface area contributed by atoms with Gasteiger partial charge in [-0.2, -0.15) is 0 Å². The molecule has 1 fully saturated rings. The number of hydrogen-bond donors (Lipinski definition) is 3. The number of anilines is 2. The number of hydrogen-bond acceptors (Lipinski definition) is 6. The zero-order valence-electron chi connectivity index (χ0n) is 10.9. The summed E-state index contributed by atoms with van der Waals surface area (Å²) in [6, 6.07) is 0. The molecule has 100 valence electrons. The highest BCUT2D eigenvalue weighted by Crippen LogP contribution is 2.16. The molecule has 1 aliphatic rings. The molecular formula is C12H22N6. The third-order valence-electron chi connectivity index (χ3n) is 3.36. The minimum Gasteiger partial charge on any atom is -0.370 e. The highest BCUT2D eigenvalue weighted by molar-refractivity contribution is 5.55. The van der Waals surface area contributed by atoms with Gasteiger partial charge in [-0.1, -0.05) is 0 Å². The van der Waals surface area contributed by atoms with E-state index in [1.54, 1.807) is 0 Å². The van der Waals surface area contributed by atoms with Crippen LogP contribution in [0.2, 0.25) is 0 Å². The molecule has 1 aromatic heterocycles. The Bertz CT molecular complexity index is 375. The smallest absolute Gasteiger partial charge is 0.148 e. The van der Waals surface area contributed by atoms with Gasteiger partial charge in [0, 0.05) is 12.1 Å². The standard InChI is InChI=1S/C12H22N6/c1-10-11(15-9-16-12(10)17-13)14-5-4-8-18-6-2-3-7-18/h9H,2-8,13H2,1H3,(H2,14,15,16,17). The van der Waals surface area contributed by atoms with Gasteiger partial charge in [-0.25, -0.2) is 15.8 Å². The molecule has 6 nitrogen and oxygen atoms in total. The molecule has 2 rings (SSSR count). The lowest BCUT2D eigenvalue weighted by Crippen LogP contribution is -2.22. The number of likely N-dealkylation sites (tertiary alicyclic amines) is 1. The Morgan fingerprint density at radius 3 is 2.72 bits per heavy atom. The van der Waals surface area contributed by atoms with Gasteiger partial charge in [0.25, 0.3) is 0 Å². The number of rotatable bonds is 6. The first-order valence-electron chi connectivity index (χ1n) is 6.55. The third kappa shape index (κ3) is 3.30. The van der Waals surface area contributed by atoms with Gasteiger partial charge in [0.15, 0.2) is 0 Å².